The molecule has 0 heterocycles. The van der Waals surface area contributed by atoms with E-state index in [1.54, 1.807) is 6.92 Å². The van der Waals surface area contributed by atoms with E-state index in [4.69, 9.17) is 9.47 Å². The van der Waals surface area contributed by atoms with Crippen LogP contribution in [0.4, 0.5) is 18.0 Å². The van der Waals surface area contributed by atoms with Crippen LogP contribution in [0.3, 0.4) is 0 Å². The molecule has 0 aliphatic heterocycles. The van der Waals surface area contributed by atoms with Gasteiger partial charge in [-0.1, -0.05) is 30.3 Å². The van der Waals surface area contributed by atoms with Crippen LogP contribution in [-0.4, -0.2) is 19.2 Å². The maximum Gasteiger partial charge on any atom is 0.416 e. The van der Waals surface area contributed by atoms with E-state index < -0.39 is 23.9 Å². The third-order valence-corrected chi connectivity index (χ3v) is 3.58. The van der Waals surface area contributed by atoms with Gasteiger partial charge in [0.05, 0.1) is 12.2 Å². The fourth-order valence-corrected chi connectivity index (χ4v) is 2.34. The van der Waals surface area contributed by atoms with Gasteiger partial charge in [0.15, 0.2) is 0 Å². The minimum Gasteiger partial charge on any atom is -0.486 e. The molecule has 0 saturated heterocycles. The van der Waals surface area contributed by atoms with Crippen molar-refractivity contribution in [2.24, 2.45) is 0 Å². The van der Waals surface area contributed by atoms with Gasteiger partial charge in [0.25, 0.3) is 0 Å². The van der Waals surface area contributed by atoms with Crippen LogP contribution in [0.2, 0.25) is 0 Å². The molecule has 0 unspecified atom stereocenters. The van der Waals surface area contributed by atoms with Crippen molar-refractivity contribution in [1.29, 1.82) is 0 Å². The highest BCUT2D eigenvalue weighted by molar-refractivity contribution is 5.66. The Labute approximate surface area is 149 Å². The van der Waals surface area contributed by atoms with Crippen LogP contribution in [0.25, 0.3) is 0 Å². The van der Waals surface area contributed by atoms with E-state index in [-0.39, 0.29) is 6.61 Å². The predicted molar refractivity (Wildman–Crippen MR) is 90.9 cm³/mol. The summed E-state index contributed by atoms with van der Waals surface area (Å²) < 4.78 is 48.6. The molecule has 0 saturated carbocycles. The van der Waals surface area contributed by atoms with Crippen molar-refractivity contribution in [3.8, 4) is 5.75 Å². The lowest BCUT2D eigenvalue weighted by molar-refractivity contribution is -0.137. The van der Waals surface area contributed by atoms with Crippen molar-refractivity contribution in [3.05, 3.63) is 65.7 Å². The second kappa shape index (κ2) is 9.12. The van der Waals surface area contributed by atoms with E-state index in [0.29, 0.717) is 18.7 Å². The van der Waals surface area contributed by atoms with E-state index >= 15 is 0 Å². The number of amides is 1. The van der Waals surface area contributed by atoms with Crippen molar-refractivity contribution in [2.75, 3.05) is 13.2 Å². The highest BCUT2D eigenvalue weighted by Gasteiger charge is 2.30. The van der Waals surface area contributed by atoms with Crippen LogP contribution >= 0.6 is 0 Å². The minimum absolute atomic E-state index is 0.274. The number of alkyl halides is 3. The highest BCUT2D eigenvalue weighted by Crippen LogP contribution is 2.31. The maximum atomic E-state index is 12.7. The molecule has 1 N–H and O–H groups in total. The van der Waals surface area contributed by atoms with E-state index in [1.807, 2.05) is 30.3 Å². The molecule has 7 heteroatoms. The van der Waals surface area contributed by atoms with E-state index in [1.165, 1.54) is 12.1 Å². The van der Waals surface area contributed by atoms with Crippen molar-refractivity contribution in [1.82, 2.24) is 5.32 Å². The van der Waals surface area contributed by atoms with Gasteiger partial charge in [-0.05, 0) is 36.8 Å². The minimum atomic E-state index is -4.39. The first kappa shape index (κ1) is 19.6. The molecule has 0 aromatic heterocycles. The van der Waals surface area contributed by atoms with Crippen LogP contribution in [0.5, 0.6) is 5.75 Å². The first-order valence-corrected chi connectivity index (χ1v) is 8.19. The molecule has 1 atom stereocenters. The Balaban J connectivity index is 2.05. The standard InChI is InChI=1S/C19H20F3NO3/c1-2-25-18(24)23-13-12-17(14-6-4-3-5-7-14)26-16-10-8-15(9-11-16)19(20,21)22/h3-11,17H,2,12-13H2,1H3,(H,23,24)/t17-/m0/s1. The molecule has 1 amide bonds. The molecule has 0 bridgehead atoms. The third-order valence-electron chi connectivity index (χ3n) is 3.58. The number of alkyl carbamates (subject to hydrolysis) is 1. The number of rotatable bonds is 7. The monoisotopic (exact) mass is 367 g/mol. The van der Waals surface area contributed by atoms with E-state index in [9.17, 15) is 18.0 Å². The maximum absolute atomic E-state index is 12.7. The lowest BCUT2D eigenvalue weighted by atomic mass is 10.1. The summed E-state index contributed by atoms with van der Waals surface area (Å²) in [4.78, 5) is 11.4. The smallest absolute Gasteiger partial charge is 0.416 e. The molecule has 0 aliphatic rings. The lowest BCUT2D eigenvalue weighted by Crippen LogP contribution is -2.27. The molecule has 2 rings (SSSR count). The summed E-state index contributed by atoms with van der Waals surface area (Å²) in [6, 6.07) is 13.8. The Bertz CT molecular complexity index is 687. The Morgan fingerprint density at radius 1 is 1.08 bits per heavy atom. The Morgan fingerprint density at radius 2 is 1.73 bits per heavy atom. The summed E-state index contributed by atoms with van der Waals surface area (Å²) in [5, 5.41) is 2.61. The number of ether oxygens (including phenoxy) is 2. The molecule has 2 aromatic rings. The van der Waals surface area contributed by atoms with Crippen LogP contribution < -0.4 is 10.1 Å². The molecule has 140 valence electrons. The van der Waals surface area contributed by atoms with Gasteiger partial charge in [0.2, 0.25) is 0 Å². The van der Waals surface area contributed by atoms with Gasteiger partial charge in [-0.25, -0.2) is 4.79 Å². The zero-order chi connectivity index (χ0) is 19.0. The zero-order valence-corrected chi connectivity index (χ0v) is 14.3. The van der Waals surface area contributed by atoms with Crippen LogP contribution in [0.15, 0.2) is 54.6 Å². The summed E-state index contributed by atoms with van der Waals surface area (Å²) in [5.74, 6) is 0.322. The van der Waals surface area contributed by atoms with Crippen LogP contribution in [0, 0.1) is 0 Å². The van der Waals surface area contributed by atoms with Gasteiger partial charge in [-0.15, -0.1) is 0 Å². The quantitative estimate of drug-likeness (QED) is 0.752. The largest absolute Gasteiger partial charge is 0.486 e. The average molecular weight is 367 g/mol. The summed E-state index contributed by atoms with van der Waals surface area (Å²) >= 11 is 0. The molecule has 0 radical (unpaired) electrons. The van der Waals surface area contributed by atoms with Gasteiger partial charge in [0, 0.05) is 13.0 Å². The number of hydrogen-bond acceptors (Lipinski definition) is 3. The number of halogens is 3. The molecule has 2 aromatic carbocycles. The van der Waals surface area contributed by atoms with Gasteiger partial charge < -0.3 is 14.8 Å². The second-order valence-electron chi connectivity index (χ2n) is 5.48. The van der Waals surface area contributed by atoms with Crippen LogP contribution in [-0.2, 0) is 10.9 Å². The van der Waals surface area contributed by atoms with Gasteiger partial charge in [-0.2, -0.15) is 13.2 Å². The first-order chi connectivity index (χ1) is 12.4. The summed E-state index contributed by atoms with van der Waals surface area (Å²) in [5.41, 5.74) is 0.128. The molecule has 26 heavy (non-hydrogen) atoms. The van der Waals surface area contributed by atoms with Gasteiger partial charge in [-0.3, -0.25) is 0 Å². The van der Waals surface area contributed by atoms with Gasteiger partial charge >= 0.3 is 12.3 Å². The number of carbonyl (C=O) groups excluding carboxylic acids is 1. The third kappa shape index (κ3) is 5.98. The van der Waals surface area contributed by atoms with E-state index in [0.717, 1.165) is 17.7 Å². The molecular formula is C19H20F3NO3. The molecule has 0 aliphatic carbocycles. The Morgan fingerprint density at radius 3 is 2.31 bits per heavy atom. The zero-order valence-electron chi connectivity index (χ0n) is 14.3. The summed E-state index contributed by atoms with van der Waals surface area (Å²) in [7, 11) is 0. The van der Waals surface area contributed by atoms with Gasteiger partial charge in [0.1, 0.15) is 11.9 Å². The number of carbonyl (C=O) groups is 1. The summed E-state index contributed by atoms with van der Waals surface area (Å²) in [6.45, 7) is 2.29. The fourth-order valence-electron chi connectivity index (χ4n) is 2.34. The van der Waals surface area contributed by atoms with Crippen LogP contribution in [0.1, 0.15) is 30.6 Å². The van der Waals surface area contributed by atoms with E-state index in [2.05, 4.69) is 5.32 Å². The SMILES string of the molecule is CCOC(=O)NCC[C@H](Oc1ccc(C(F)(F)F)cc1)c1ccccc1. The predicted octanol–water partition coefficient (Wildman–Crippen LogP) is 4.96. The van der Waals surface area contributed by atoms with Crippen molar-refractivity contribution >= 4 is 6.09 Å². The molecular weight excluding hydrogens is 347 g/mol. The Hall–Kier alpha value is -2.70. The Kier molecular flexibility index (Phi) is 6.89. The molecule has 0 spiro atoms. The topological polar surface area (TPSA) is 47.6 Å². The lowest BCUT2D eigenvalue weighted by Gasteiger charge is -2.20. The number of nitrogens with one attached hydrogen (secondary N) is 1. The second-order valence-corrected chi connectivity index (χ2v) is 5.48. The molecule has 0 fully saturated rings. The number of hydrogen-bond donors (Lipinski definition) is 1. The number of benzene rings is 2. The first-order valence-electron chi connectivity index (χ1n) is 8.19. The summed E-state index contributed by atoms with van der Waals surface area (Å²) in [6.07, 6.45) is -4.89. The molecule has 4 nitrogen and oxygen atoms in total. The fraction of sp³-hybridized carbons (Fsp3) is 0.316. The van der Waals surface area contributed by atoms with Crippen molar-refractivity contribution in [2.45, 2.75) is 25.6 Å². The van der Waals surface area contributed by atoms with Crippen molar-refractivity contribution < 1.29 is 27.4 Å². The normalized spacial score (nSPS) is 12.3. The highest BCUT2D eigenvalue weighted by atomic mass is 19.4. The average Bonchev–Trinajstić information content (AvgIpc) is 2.61. The van der Waals surface area contributed by atoms with Crippen molar-refractivity contribution in [3.63, 3.8) is 0 Å².